The summed E-state index contributed by atoms with van der Waals surface area (Å²) in [5.74, 6) is 0.215. The normalized spacial score (nSPS) is 11.4. The summed E-state index contributed by atoms with van der Waals surface area (Å²) in [7, 11) is -3.62. The molecule has 0 heterocycles. The second kappa shape index (κ2) is 9.36. The Morgan fingerprint density at radius 2 is 1.82 bits per heavy atom. The maximum Gasteiger partial charge on any atom is 0.260 e. The molecule has 7 nitrogen and oxygen atoms in total. The predicted molar refractivity (Wildman–Crippen MR) is 111 cm³/mol. The molecular formula is C20H25N3O4S. The van der Waals surface area contributed by atoms with Gasteiger partial charge in [-0.15, -0.1) is 0 Å². The molecule has 0 radical (unpaired) electrons. The van der Waals surface area contributed by atoms with Gasteiger partial charge in [0.1, 0.15) is 12.3 Å². The summed E-state index contributed by atoms with van der Waals surface area (Å²) in [5, 5.41) is 3.89. The molecule has 1 amide bonds. The van der Waals surface area contributed by atoms with E-state index in [0.717, 1.165) is 33.0 Å². The second-order valence-corrected chi connectivity index (χ2v) is 8.24. The highest BCUT2D eigenvalue weighted by atomic mass is 32.2. The smallest absolute Gasteiger partial charge is 0.260 e. The van der Waals surface area contributed by atoms with Gasteiger partial charge in [0.25, 0.3) is 5.91 Å². The zero-order valence-corrected chi connectivity index (χ0v) is 17.3. The summed E-state index contributed by atoms with van der Waals surface area (Å²) >= 11 is 0. The van der Waals surface area contributed by atoms with Crippen molar-refractivity contribution in [3.05, 3.63) is 59.2 Å². The van der Waals surface area contributed by atoms with Gasteiger partial charge in [0.2, 0.25) is 10.0 Å². The quantitative estimate of drug-likeness (QED) is 0.542. The van der Waals surface area contributed by atoms with E-state index in [0.29, 0.717) is 12.3 Å². The lowest BCUT2D eigenvalue weighted by Crippen LogP contribution is -2.39. The number of aryl methyl sites for hydroxylation is 2. The number of hydrogen-bond donors (Lipinski definition) is 1. The Labute approximate surface area is 166 Å². The monoisotopic (exact) mass is 403 g/mol. The van der Waals surface area contributed by atoms with Crippen LogP contribution in [0.4, 0.5) is 5.69 Å². The van der Waals surface area contributed by atoms with E-state index in [1.54, 1.807) is 36.4 Å². The van der Waals surface area contributed by atoms with E-state index in [4.69, 9.17) is 4.74 Å². The Bertz CT molecular complexity index is 954. The van der Waals surface area contributed by atoms with Crippen LogP contribution in [0.1, 0.15) is 23.6 Å². The molecule has 2 rings (SSSR count). The van der Waals surface area contributed by atoms with Crippen molar-refractivity contribution in [1.82, 2.24) is 5.43 Å². The van der Waals surface area contributed by atoms with Crippen LogP contribution >= 0.6 is 0 Å². The molecule has 0 fully saturated rings. The van der Waals surface area contributed by atoms with Gasteiger partial charge in [-0.25, -0.2) is 13.8 Å². The van der Waals surface area contributed by atoms with Crippen molar-refractivity contribution >= 4 is 27.8 Å². The summed E-state index contributed by atoms with van der Waals surface area (Å²) in [6.07, 6.45) is 2.55. The number of ether oxygens (including phenoxy) is 1. The first-order valence-corrected chi connectivity index (χ1v) is 10.6. The Morgan fingerprint density at radius 1 is 1.14 bits per heavy atom. The minimum Gasteiger partial charge on any atom is -0.494 e. The zero-order valence-electron chi connectivity index (χ0n) is 16.5. The van der Waals surface area contributed by atoms with Crippen molar-refractivity contribution in [2.24, 2.45) is 5.10 Å². The number of carbonyl (C=O) groups is 1. The molecule has 0 aromatic heterocycles. The van der Waals surface area contributed by atoms with Crippen LogP contribution in [0.5, 0.6) is 5.75 Å². The van der Waals surface area contributed by atoms with E-state index in [1.807, 2.05) is 26.8 Å². The fourth-order valence-electron chi connectivity index (χ4n) is 2.44. The summed E-state index contributed by atoms with van der Waals surface area (Å²) in [4.78, 5) is 12.2. The van der Waals surface area contributed by atoms with Gasteiger partial charge in [0.15, 0.2) is 0 Å². The van der Waals surface area contributed by atoms with Crippen molar-refractivity contribution < 1.29 is 17.9 Å². The number of nitrogens with one attached hydrogen (secondary N) is 1. The van der Waals surface area contributed by atoms with E-state index in [9.17, 15) is 13.2 Å². The number of benzene rings is 2. The lowest BCUT2D eigenvalue weighted by Gasteiger charge is -2.22. The van der Waals surface area contributed by atoms with E-state index < -0.39 is 15.9 Å². The van der Waals surface area contributed by atoms with Crippen LogP contribution < -0.4 is 14.5 Å². The average Bonchev–Trinajstić information content (AvgIpc) is 2.63. The van der Waals surface area contributed by atoms with Gasteiger partial charge in [-0.05, 0) is 73.9 Å². The molecule has 0 bridgehead atoms. The molecule has 0 atom stereocenters. The Hall–Kier alpha value is -2.87. The highest BCUT2D eigenvalue weighted by molar-refractivity contribution is 7.92. The number of sulfonamides is 1. The van der Waals surface area contributed by atoms with Gasteiger partial charge in [-0.3, -0.25) is 9.10 Å². The van der Waals surface area contributed by atoms with Crippen molar-refractivity contribution in [1.29, 1.82) is 0 Å². The van der Waals surface area contributed by atoms with Crippen LogP contribution in [0, 0.1) is 13.8 Å². The average molecular weight is 404 g/mol. The van der Waals surface area contributed by atoms with Crippen molar-refractivity contribution in [3.63, 3.8) is 0 Å². The lowest BCUT2D eigenvalue weighted by molar-refractivity contribution is -0.119. The SMILES string of the molecule is CCOc1ccc(/C=N\NC(=O)CN(c2ccc(C)c(C)c2)S(C)(=O)=O)cc1. The van der Waals surface area contributed by atoms with Crippen molar-refractivity contribution in [3.8, 4) is 5.75 Å². The standard InChI is InChI=1S/C20H25N3O4S/c1-5-27-19-10-7-17(8-11-19)13-21-22-20(24)14-23(28(4,25)26)18-9-6-15(2)16(3)12-18/h6-13H,5,14H2,1-4H3,(H,22,24)/b21-13-. The van der Waals surface area contributed by atoms with Gasteiger partial charge >= 0.3 is 0 Å². The zero-order chi connectivity index (χ0) is 20.7. The van der Waals surface area contributed by atoms with Gasteiger partial charge in [0.05, 0.1) is 24.8 Å². The summed E-state index contributed by atoms with van der Waals surface area (Å²) < 4.78 is 30.7. The van der Waals surface area contributed by atoms with Gasteiger partial charge in [0, 0.05) is 0 Å². The topological polar surface area (TPSA) is 88.1 Å². The van der Waals surface area contributed by atoms with E-state index in [1.165, 1.54) is 6.21 Å². The minimum absolute atomic E-state index is 0.359. The van der Waals surface area contributed by atoms with Crippen molar-refractivity contribution in [2.45, 2.75) is 20.8 Å². The van der Waals surface area contributed by atoms with Crippen LogP contribution in [0.25, 0.3) is 0 Å². The molecule has 0 spiro atoms. The highest BCUT2D eigenvalue weighted by Gasteiger charge is 2.21. The third-order valence-electron chi connectivity index (χ3n) is 4.06. The van der Waals surface area contributed by atoms with Gasteiger partial charge in [-0.2, -0.15) is 5.10 Å². The van der Waals surface area contributed by atoms with Gasteiger partial charge in [-0.1, -0.05) is 6.07 Å². The minimum atomic E-state index is -3.62. The Morgan fingerprint density at radius 3 is 2.39 bits per heavy atom. The van der Waals surface area contributed by atoms with Crippen molar-refractivity contribution in [2.75, 3.05) is 23.7 Å². The summed E-state index contributed by atoms with van der Waals surface area (Å²) in [6, 6.07) is 12.5. The highest BCUT2D eigenvalue weighted by Crippen LogP contribution is 2.21. The number of hydrogen-bond acceptors (Lipinski definition) is 5. The number of rotatable bonds is 8. The Balaban J connectivity index is 2.04. The predicted octanol–water partition coefficient (Wildman–Crippen LogP) is 2.62. The molecule has 0 unspecified atom stereocenters. The molecule has 0 aliphatic carbocycles. The first-order chi connectivity index (χ1) is 13.2. The molecule has 8 heteroatoms. The molecular weight excluding hydrogens is 378 g/mol. The fourth-order valence-corrected chi connectivity index (χ4v) is 3.29. The second-order valence-electron chi connectivity index (χ2n) is 6.33. The summed E-state index contributed by atoms with van der Waals surface area (Å²) in [6.45, 7) is 5.96. The first-order valence-electron chi connectivity index (χ1n) is 8.80. The van der Waals surface area contributed by atoms with E-state index >= 15 is 0 Å². The van der Waals surface area contributed by atoms with Crippen LogP contribution in [-0.4, -0.2) is 39.9 Å². The number of hydrazone groups is 1. The molecule has 0 saturated carbocycles. The van der Waals surface area contributed by atoms with Gasteiger partial charge < -0.3 is 4.74 Å². The largest absolute Gasteiger partial charge is 0.494 e. The molecule has 28 heavy (non-hydrogen) atoms. The number of amides is 1. The molecule has 0 aliphatic heterocycles. The van der Waals surface area contributed by atoms with Crippen LogP contribution in [-0.2, 0) is 14.8 Å². The molecule has 2 aromatic rings. The third-order valence-corrected chi connectivity index (χ3v) is 5.20. The molecule has 1 N–H and O–H groups in total. The number of carbonyl (C=O) groups excluding carboxylic acids is 1. The third kappa shape index (κ3) is 6.09. The molecule has 0 aliphatic rings. The van der Waals surface area contributed by atoms with Crippen LogP contribution in [0.3, 0.4) is 0 Å². The molecule has 0 saturated heterocycles. The number of nitrogens with zero attached hydrogens (tertiary/aromatic N) is 2. The fraction of sp³-hybridized carbons (Fsp3) is 0.300. The van der Waals surface area contributed by atoms with Crippen LogP contribution in [0.15, 0.2) is 47.6 Å². The molecule has 150 valence electrons. The molecule has 2 aromatic carbocycles. The number of anilines is 1. The lowest BCUT2D eigenvalue weighted by atomic mass is 10.1. The van der Waals surface area contributed by atoms with E-state index in [-0.39, 0.29) is 6.54 Å². The maximum atomic E-state index is 12.2. The first kappa shape index (κ1) is 21.4. The van der Waals surface area contributed by atoms with Crippen LogP contribution in [0.2, 0.25) is 0 Å². The summed E-state index contributed by atoms with van der Waals surface area (Å²) in [5.41, 5.74) is 5.57. The Kier molecular flexibility index (Phi) is 7.17. The maximum absolute atomic E-state index is 12.2. The van der Waals surface area contributed by atoms with E-state index in [2.05, 4.69) is 10.5 Å².